The highest BCUT2D eigenvalue weighted by Crippen LogP contribution is 2.27. The molecule has 0 saturated heterocycles. The summed E-state index contributed by atoms with van der Waals surface area (Å²) in [6, 6.07) is 3.58. The molecule has 2 amide bonds. The maximum atomic E-state index is 12.1. The Labute approximate surface area is 122 Å². The fourth-order valence-electron chi connectivity index (χ4n) is 2.32. The highest BCUT2D eigenvalue weighted by Gasteiger charge is 2.29. The number of aliphatic hydroxyl groups excluding tert-OH is 1. The van der Waals surface area contributed by atoms with Crippen LogP contribution in [0.2, 0.25) is 0 Å². The van der Waals surface area contributed by atoms with Gasteiger partial charge in [-0.1, -0.05) is 6.07 Å². The lowest BCUT2D eigenvalue weighted by atomic mass is 9.82. The minimum absolute atomic E-state index is 0.0706. The summed E-state index contributed by atoms with van der Waals surface area (Å²) in [5, 5.41) is 11.1. The Kier molecular flexibility index (Phi) is 4.77. The number of carbonyl (C=O) groups excluding carboxylic acids is 2. The van der Waals surface area contributed by atoms with E-state index in [0.29, 0.717) is 17.3 Å². The van der Waals surface area contributed by atoms with E-state index < -0.39 is 0 Å². The van der Waals surface area contributed by atoms with Gasteiger partial charge < -0.3 is 14.9 Å². The largest absolute Gasteiger partial charge is 0.393 e. The summed E-state index contributed by atoms with van der Waals surface area (Å²) < 4.78 is 0. The van der Waals surface area contributed by atoms with Gasteiger partial charge in [-0.05, 0) is 30.2 Å². The summed E-state index contributed by atoms with van der Waals surface area (Å²) >= 11 is 1.37. The second kappa shape index (κ2) is 6.37. The van der Waals surface area contributed by atoms with E-state index in [0.717, 1.165) is 12.8 Å². The summed E-state index contributed by atoms with van der Waals surface area (Å²) in [5.74, 6) is 0.192. The Balaban J connectivity index is 1.79. The van der Waals surface area contributed by atoms with E-state index in [1.807, 2.05) is 11.4 Å². The molecule has 5 nitrogen and oxygen atoms in total. The molecular weight excluding hydrogens is 276 g/mol. The molecule has 1 saturated carbocycles. The highest BCUT2D eigenvalue weighted by molar-refractivity contribution is 7.12. The molecule has 0 spiro atoms. The van der Waals surface area contributed by atoms with Gasteiger partial charge in [0.15, 0.2) is 0 Å². The molecule has 1 aromatic rings. The van der Waals surface area contributed by atoms with Crippen LogP contribution < -0.4 is 0 Å². The Morgan fingerprint density at radius 1 is 1.35 bits per heavy atom. The molecule has 1 aliphatic rings. The smallest absolute Gasteiger partial charge is 0.264 e. The van der Waals surface area contributed by atoms with Crippen LogP contribution in [0.3, 0.4) is 0 Å². The van der Waals surface area contributed by atoms with Crippen LogP contribution >= 0.6 is 11.3 Å². The van der Waals surface area contributed by atoms with Crippen LogP contribution in [0.5, 0.6) is 0 Å². The average molecular weight is 296 g/mol. The minimum Gasteiger partial charge on any atom is -0.393 e. The van der Waals surface area contributed by atoms with Gasteiger partial charge >= 0.3 is 0 Å². The second-order valence-corrected chi connectivity index (χ2v) is 6.35. The first-order chi connectivity index (χ1) is 9.47. The maximum Gasteiger partial charge on any atom is 0.264 e. The number of thiophene rings is 1. The van der Waals surface area contributed by atoms with Crippen molar-refractivity contribution < 1.29 is 14.7 Å². The average Bonchev–Trinajstić information content (AvgIpc) is 2.89. The molecule has 0 atom stereocenters. The highest BCUT2D eigenvalue weighted by atomic mass is 32.1. The maximum absolute atomic E-state index is 12.1. The van der Waals surface area contributed by atoms with Crippen molar-refractivity contribution in [1.29, 1.82) is 0 Å². The first-order valence-electron chi connectivity index (χ1n) is 6.68. The zero-order valence-corrected chi connectivity index (χ0v) is 12.6. The number of likely N-dealkylation sites (N-methyl/N-ethyl adjacent to an activating group) is 2. The molecule has 1 aromatic heterocycles. The molecule has 0 radical (unpaired) electrons. The Morgan fingerprint density at radius 2 is 2.05 bits per heavy atom. The fourth-order valence-corrected chi connectivity index (χ4v) is 3.04. The van der Waals surface area contributed by atoms with Gasteiger partial charge in [0, 0.05) is 20.6 Å². The summed E-state index contributed by atoms with van der Waals surface area (Å²) in [6.45, 7) is 0.736. The molecule has 110 valence electrons. The lowest BCUT2D eigenvalue weighted by Gasteiger charge is -2.34. The van der Waals surface area contributed by atoms with Gasteiger partial charge in [-0.3, -0.25) is 9.59 Å². The molecular formula is C14H20N2O3S. The zero-order valence-electron chi connectivity index (χ0n) is 11.8. The number of hydrogen-bond donors (Lipinski definition) is 1. The lowest BCUT2D eigenvalue weighted by molar-refractivity contribution is -0.132. The third-order valence-electron chi connectivity index (χ3n) is 3.62. The van der Waals surface area contributed by atoms with Gasteiger partial charge in [0.1, 0.15) is 0 Å². The number of hydrogen-bond acceptors (Lipinski definition) is 4. The van der Waals surface area contributed by atoms with Crippen LogP contribution in [0, 0.1) is 5.92 Å². The van der Waals surface area contributed by atoms with Crippen molar-refractivity contribution in [1.82, 2.24) is 9.80 Å². The normalized spacial score (nSPS) is 21.1. The molecule has 1 fully saturated rings. The summed E-state index contributed by atoms with van der Waals surface area (Å²) in [5.41, 5.74) is 0. The van der Waals surface area contributed by atoms with E-state index in [9.17, 15) is 14.7 Å². The van der Waals surface area contributed by atoms with E-state index in [2.05, 4.69) is 0 Å². The Bertz CT molecular complexity index is 469. The third kappa shape index (κ3) is 3.58. The van der Waals surface area contributed by atoms with Crippen LogP contribution in [0.4, 0.5) is 0 Å². The van der Waals surface area contributed by atoms with Crippen molar-refractivity contribution in [2.75, 3.05) is 27.2 Å². The molecule has 1 aliphatic carbocycles. The van der Waals surface area contributed by atoms with Gasteiger partial charge in [-0.2, -0.15) is 0 Å². The van der Waals surface area contributed by atoms with E-state index >= 15 is 0 Å². The second-order valence-electron chi connectivity index (χ2n) is 5.40. The topological polar surface area (TPSA) is 60.9 Å². The SMILES string of the molecule is CN(CC1CC(O)C1)C(=O)CN(C)C(=O)c1cccs1. The summed E-state index contributed by atoms with van der Waals surface area (Å²) in [6.07, 6.45) is 1.33. The number of carbonyl (C=O) groups is 2. The van der Waals surface area contributed by atoms with Crippen molar-refractivity contribution in [2.45, 2.75) is 18.9 Å². The number of amides is 2. The van der Waals surface area contributed by atoms with E-state index in [4.69, 9.17) is 0 Å². The van der Waals surface area contributed by atoms with Crippen LogP contribution in [0.1, 0.15) is 22.5 Å². The van der Waals surface area contributed by atoms with Crippen molar-refractivity contribution in [3.63, 3.8) is 0 Å². The summed E-state index contributed by atoms with van der Waals surface area (Å²) in [4.78, 5) is 27.8. The lowest BCUT2D eigenvalue weighted by Crippen LogP contribution is -2.43. The van der Waals surface area contributed by atoms with E-state index in [1.165, 1.54) is 16.2 Å². The predicted molar refractivity (Wildman–Crippen MR) is 77.6 cm³/mol. The first-order valence-corrected chi connectivity index (χ1v) is 7.56. The van der Waals surface area contributed by atoms with Gasteiger partial charge in [-0.15, -0.1) is 11.3 Å². The molecule has 0 unspecified atom stereocenters. The van der Waals surface area contributed by atoms with Crippen LogP contribution in [-0.4, -0.2) is 60.0 Å². The minimum atomic E-state index is -0.202. The van der Waals surface area contributed by atoms with Crippen molar-refractivity contribution in [2.24, 2.45) is 5.92 Å². The van der Waals surface area contributed by atoms with Crippen LogP contribution in [0.25, 0.3) is 0 Å². The fraction of sp³-hybridized carbons (Fsp3) is 0.571. The number of rotatable bonds is 5. The van der Waals surface area contributed by atoms with Crippen LogP contribution in [0.15, 0.2) is 17.5 Å². The van der Waals surface area contributed by atoms with Gasteiger partial charge in [-0.25, -0.2) is 0 Å². The van der Waals surface area contributed by atoms with E-state index in [1.54, 1.807) is 25.1 Å². The van der Waals surface area contributed by atoms with Crippen molar-refractivity contribution >= 4 is 23.2 Å². The van der Waals surface area contributed by atoms with Crippen molar-refractivity contribution in [3.05, 3.63) is 22.4 Å². The molecule has 2 rings (SSSR count). The Morgan fingerprint density at radius 3 is 2.60 bits per heavy atom. The molecule has 1 heterocycles. The molecule has 1 N–H and O–H groups in total. The first kappa shape index (κ1) is 15.0. The predicted octanol–water partition coefficient (Wildman–Crippen LogP) is 1.05. The molecule has 6 heteroatoms. The third-order valence-corrected chi connectivity index (χ3v) is 4.48. The standard InChI is InChI=1S/C14H20N2O3S/c1-15(8-10-6-11(17)7-10)13(18)9-16(2)14(19)12-4-3-5-20-12/h3-5,10-11,17H,6-9H2,1-2H3. The number of aliphatic hydroxyl groups is 1. The number of nitrogens with zero attached hydrogens (tertiary/aromatic N) is 2. The van der Waals surface area contributed by atoms with Gasteiger partial charge in [0.25, 0.3) is 5.91 Å². The monoisotopic (exact) mass is 296 g/mol. The van der Waals surface area contributed by atoms with E-state index in [-0.39, 0.29) is 24.5 Å². The summed E-state index contributed by atoms with van der Waals surface area (Å²) in [7, 11) is 3.39. The van der Waals surface area contributed by atoms with Crippen molar-refractivity contribution in [3.8, 4) is 0 Å². The Hall–Kier alpha value is -1.40. The zero-order chi connectivity index (χ0) is 14.7. The molecule has 20 heavy (non-hydrogen) atoms. The van der Waals surface area contributed by atoms with Gasteiger partial charge in [0.05, 0.1) is 17.5 Å². The van der Waals surface area contributed by atoms with Gasteiger partial charge in [0.2, 0.25) is 5.91 Å². The quantitative estimate of drug-likeness (QED) is 0.883. The van der Waals surface area contributed by atoms with Crippen LogP contribution in [-0.2, 0) is 4.79 Å². The molecule has 0 bridgehead atoms. The molecule has 0 aromatic carbocycles. The molecule has 0 aliphatic heterocycles.